The van der Waals surface area contributed by atoms with Crippen LogP contribution in [-0.2, 0) is 11.2 Å². The SMILES string of the molecule is Cc1ccc(-c2nc(CC(=O)Nc3ccccc3-n3cncn3)cs2)o1. The molecule has 3 aromatic heterocycles. The summed E-state index contributed by atoms with van der Waals surface area (Å²) < 4.78 is 7.18. The minimum Gasteiger partial charge on any atom is -0.459 e. The standard InChI is InChI=1S/C18H15N5O2S/c1-12-6-7-16(25-12)18-21-13(9-26-18)8-17(24)22-14-4-2-3-5-15(14)23-11-19-10-20-23/h2-7,9-11H,8H2,1H3,(H,22,24). The second-order valence-electron chi connectivity index (χ2n) is 5.64. The van der Waals surface area contributed by atoms with E-state index in [9.17, 15) is 4.79 Å². The van der Waals surface area contributed by atoms with Gasteiger partial charge in [-0.15, -0.1) is 11.3 Å². The molecule has 4 rings (SSSR count). The minimum atomic E-state index is -0.148. The zero-order chi connectivity index (χ0) is 17.9. The first-order valence-corrected chi connectivity index (χ1v) is 8.82. The Kier molecular flexibility index (Phi) is 4.32. The number of amides is 1. The van der Waals surface area contributed by atoms with E-state index in [2.05, 4.69) is 20.4 Å². The van der Waals surface area contributed by atoms with E-state index in [0.717, 1.165) is 22.2 Å². The molecule has 0 bridgehead atoms. The lowest BCUT2D eigenvalue weighted by Crippen LogP contribution is -2.16. The van der Waals surface area contributed by atoms with Gasteiger partial charge < -0.3 is 9.73 Å². The Morgan fingerprint density at radius 3 is 2.92 bits per heavy atom. The second kappa shape index (κ2) is 6.93. The molecule has 0 aliphatic rings. The van der Waals surface area contributed by atoms with Gasteiger partial charge in [-0.1, -0.05) is 12.1 Å². The van der Waals surface area contributed by atoms with Crippen LogP contribution < -0.4 is 5.32 Å². The fraction of sp³-hybridized carbons (Fsp3) is 0.111. The van der Waals surface area contributed by atoms with Crippen LogP contribution in [0.2, 0.25) is 0 Å². The molecule has 0 atom stereocenters. The summed E-state index contributed by atoms with van der Waals surface area (Å²) in [4.78, 5) is 20.9. The summed E-state index contributed by atoms with van der Waals surface area (Å²) in [6, 6.07) is 11.2. The first-order chi connectivity index (χ1) is 12.7. The van der Waals surface area contributed by atoms with Crippen LogP contribution in [0, 0.1) is 6.92 Å². The number of hydrogen-bond donors (Lipinski definition) is 1. The largest absolute Gasteiger partial charge is 0.459 e. The van der Waals surface area contributed by atoms with Gasteiger partial charge in [0.05, 0.1) is 23.5 Å². The van der Waals surface area contributed by atoms with Crippen molar-refractivity contribution in [1.82, 2.24) is 19.7 Å². The van der Waals surface area contributed by atoms with E-state index < -0.39 is 0 Å². The van der Waals surface area contributed by atoms with Crippen LogP contribution in [0.15, 0.2) is 58.9 Å². The Morgan fingerprint density at radius 1 is 1.27 bits per heavy atom. The molecule has 0 aliphatic carbocycles. The number of anilines is 1. The number of nitrogens with zero attached hydrogens (tertiary/aromatic N) is 4. The highest BCUT2D eigenvalue weighted by Gasteiger charge is 2.13. The van der Waals surface area contributed by atoms with Gasteiger partial charge in [0.15, 0.2) is 10.8 Å². The number of carbonyl (C=O) groups excluding carboxylic acids is 1. The number of hydrogen-bond acceptors (Lipinski definition) is 6. The summed E-state index contributed by atoms with van der Waals surface area (Å²) in [5, 5.41) is 9.66. The monoisotopic (exact) mass is 365 g/mol. The number of benzene rings is 1. The Balaban J connectivity index is 1.48. The Morgan fingerprint density at radius 2 is 2.15 bits per heavy atom. The van der Waals surface area contributed by atoms with Gasteiger partial charge in [0, 0.05) is 5.38 Å². The van der Waals surface area contributed by atoms with Gasteiger partial charge in [0.1, 0.15) is 18.4 Å². The molecule has 0 radical (unpaired) electrons. The number of carbonyl (C=O) groups is 1. The molecule has 3 heterocycles. The van der Waals surface area contributed by atoms with Crippen molar-refractivity contribution in [2.24, 2.45) is 0 Å². The zero-order valence-electron chi connectivity index (χ0n) is 13.9. The molecule has 0 aliphatic heterocycles. The summed E-state index contributed by atoms with van der Waals surface area (Å²) in [5.41, 5.74) is 2.12. The average Bonchev–Trinajstić information content (AvgIpc) is 3.36. The maximum Gasteiger partial charge on any atom is 0.230 e. The van der Waals surface area contributed by atoms with E-state index in [1.807, 2.05) is 48.7 Å². The van der Waals surface area contributed by atoms with E-state index in [-0.39, 0.29) is 12.3 Å². The Bertz CT molecular complexity index is 1040. The molecule has 0 saturated heterocycles. The molecule has 26 heavy (non-hydrogen) atoms. The number of thiazole rings is 1. The third kappa shape index (κ3) is 3.40. The molecule has 0 unspecified atom stereocenters. The third-order valence-electron chi connectivity index (χ3n) is 3.69. The van der Waals surface area contributed by atoms with E-state index >= 15 is 0 Å². The maximum atomic E-state index is 12.4. The van der Waals surface area contributed by atoms with E-state index in [0.29, 0.717) is 11.4 Å². The van der Waals surface area contributed by atoms with Crippen molar-refractivity contribution in [3.05, 3.63) is 65.9 Å². The number of para-hydroxylation sites is 2. The van der Waals surface area contributed by atoms with Crippen LogP contribution in [0.1, 0.15) is 11.5 Å². The molecule has 1 N–H and O–H groups in total. The summed E-state index contributed by atoms with van der Waals surface area (Å²) in [5.74, 6) is 1.40. The normalized spacial score (nSPS) is 10.8. The molecular weight excluding hydrogens is 350 g/mol. The molecule has 0 spiro atoms. The van der Waals surface area contributed by atoms with Gasteiger partial charge in [-0.25, -0.2) is 14.6 Å². The molecular formula is C18H15N5O2S. The molecule has 8 heteroatoms. The number of nitrogens with one attached hydrogen (secondary N) is 1. The van der Waals surface area contributed by atoms with Gasteiger partial charge in [0.25, 0.3) is 0 Å². The number of furan rings is 1. The van der Waals surface area contributed by atoms with Crippen molar-refractivity contribution in [2.75, 3.05) is 5.32 Å². The maximum absolute atomic E-state index is 12.4. The van der Waals surface area contributed by atoms with Crippen LogP contribution >= 0.6 is 11.3 Å². The summed E-state index contributed by atoms with van der Waals surface area (Å²) in [6.45, 7) is 1.89. The fourth-order valence-corrected chi connectivity index (χ4v) is 3.30. The average molecular weight is 365 g/mol. The van der Waals surface area contributed by atoms with Gasteiger partial charge >= 0.3 is 0 Å². The van der Waals surface area contributed by atoms with Gasteiger partial charge in [-0.05, 0) is 31.2 Å². The molecule has 4 aromatic rings. The summed E-state index contributed by atoms with van der Waals surface area (Å²) in [6.07, 6.45) is 3.22. The lowest BCUT2D eigenvalue weighted by atomic mass is 10.2. The van der Waals surface area contributed by atoms with Gasteiger partial charge in [-0.3, -0.25) is 4.79 Å². The molecule has 0 saturated carbocycles. The van der Waals surface area contributed by atoms with Crippen molar-refractivity contribution < 1.29 is 9.21 Å². The smallest absolute Gasteiger partial charge is 0.230 e. The molecule has 0 fully saturated rings. The van der Waals surface area contributed by atoms with E-state index in [1.165, 1.54) is 17.7 Å². The lowest BCUT2D eigenvalue weighted by Gasteiger charge is -2.10. The van der Waals surface area contributed by atoms with Crippen LogP contribution in [-0.4, -0.2) is 25.7 Å². The van der Waals surface area contributed by atoms with Crippen LogP contribution in [0.5, 0.6) is 0 Å². The van der Waals surface area contributed by atoms with Crippen molar-refractivity contribution in [3.63, 3.8) is 0 Å². The highest BCUT2D eigenvalue weighted by atomic mass is 32.1. The topological polar surface area (TPSA) is 85.8 Å². The first kappa shape index (κ1) is 16.2. The van der Waals surface area contributed by atoms with E-state index in [1.54, 1.807) is 11.0 Å². The van der Waals surface area contributed by atoms with Gasteiger partial charge in [0.2, 0.25) is 5.91 Å². The van der Waals surface area contributed by atoms with E-state index in [4.69, 9.17) is 4.42 Å². The first-order valence-electron chi connectivity index (χ1n) is 7.94. The predicted octanol–water partition coefficient (Wildman–Crippen LogP) is 3.47. The van der Waals surface area contributed by atoms with Crippen LogP contribution in [0.3, 0.4) is 0 Å². The van der Waals surface area contributed by atoms with Gasteiger partial charge in [-0.2, -0.15) is 5.10 Å². The Labute approximate surface area is 153 Å². The van der Waals surface area contributed by atoms with Crippen LogP contribution in [0.4, 0.5) is 5.69 Å². The third-order valence-corrected chi connectivity index (χ3v) is 4.59. The quantitative estimate of drug-likeness (QED) is 0.585. The minimum absolute atomic E-state index is 0.148. The highest BCUT2D eigenvalue weighted by molar-refractivity contribution is 7.13. The molecule has 7 nitrogen and oxygen atoms in total. The fourth-order valence-electron chi connectivity index (χ4n) is 2.52. The Hall–Kier alpha value is -3.26. The summed E-state index contributed by atoms with van der Waals surface area (Å²) in [7, 11) is 0. The number of rotatable bonds is 5. The van der Waals surface area contributed by atoms with Crippen molar-refractivity contribution >= 4 is 22.9 Å². The lowest BCUT2D eigenvalue weighted by molar-refractivity contribution is -0.115. The molecule has 1 amide bonds. The number of aryl methyl sites for hydroxylation is 1. The molecule has 130 valence electrons. The van der Waals surface area contributed by atoms with Crippen molar-refractivity contribution in [1.29, 1.82) is 0 Å². The van der Waals surface area contributed by atoms with Crippen molar-refractivity contribution in [3.8, 4) is 16.5 Å². The molecule has 1 aromatic carbocycles. The predicted molar refractivity (Wildman–Crippen MR) is 98.2 cm³/mol. The second-order valence-corrected chi connectivity index (χ2v) is 6.49. The highest BCUT2D eigenvalue weighted by Crippen LogP contribution is 2.26. The summed E-state index contributed by atoms with van der Waals surface area (Å²) >= 11 is 1.46. The van der Waals surface area contributed by atoms with Crippen LogP contribution in [0.25, 0.3) is 16.5 Å². The number of aromatic nitrogens is 4. The zero-order valence-corrected chi connectivity index (χ0v) is 14.7. The van der Waals surface area contributed by atoms with Crippen molar-refractivity contribution in [2.45, 2.75) is 13.3 Å².